The Morgan fingerprint density at radius 2 is 1.96 bits per heavy atom. The van der Waals surface area contributed by atoms with Gasteiger partial charge in [-0.05, 0) is 30.0 Å². The molecule has 1 unspecified atom stereocenters. The summed E-state index contributed by atoms with van der Waals surface area (Å²) in [4.78, 5) is 16.9. The Bertz CT molecular complexity index is 745. The summed E-state index contributed by atoms with van der Waals surface area (Å²) < 4.78 is 0. The molecule has 0 saturated carbocycles. The van der Waals surface area contributed by atoms with Gasteiger partial charge in [-0.15, -0.1) is 0 Å². The number of nitriles is 1. The highest BCUT2D eigenvalue weighted by Gasteiger charge is 2.26. The molecule has 0 saturated heterocycles. The van der Waals surface area contributed by atoms with E-state index in [1.807, 2.05) is 0 Å². The number of allylic oxidation sites excluding steroid dienone is 1. The van der Waals surface area contributed by atoms with E-state index in [0.717, 1.165) is 25.9 Å². The minimum absolute atomic E-state index is 0.256. The standard InChI is InChI=1S/C18H19N5O/c19-12-15-16(6-3-11-24)21-18(20)22-17(15)23-9-7-13-4-1-2-5-14(13)8-10-23/h1-6,11,16H,7-10H2,(H3,20,21,22)/b6-3-. The Kier molecular flexibility index (Phi) is 4.62. The first-order valence-corrected chi connectivity index (χ1v) is 7.91. The number of aliphatic imine (C=N–C) groups is 1. The van der Waals surface area contributed by atoms with Crippen molar-refractivity contribution in [3.63, 3.8) is 0 Å². The van der Waals surface area contributed by atoms with E-state index in [4.69, 9.17) is 5.73 Å². The molecule has 6 nitrogen and oxygen atoms in total. The second-order valence-electron chi connectivity index (χ2n) is 5.74. The van der Waals surface area contributed by atoms with Crippen molar-refractivity contribution in [1.29, 1.82) is 5.26 Å². The molecule has 2 aliphatic heterocycles. The number of nitrogens with two attached hydrogens (primary N) is 1. The summed E-state index contributed by atoms with van der Waals surface area (Å²) in [6, 6.07) is 10.1. The van der Waals surface area contributed by atoms with Crippen LogP contribution >= 0.6 is 0 Å². The van der Waals surface area contributed by atoms with Crippen LogP contribution in [0, 0.1) is 11.3 Å². The number of fused-ring (bicyclic) bond motifs is 1. The van der Waals surface area contributed by atoms with Crippen LogP contribution in [0.3, 0.4) is 0 Å². The van der Waals surface area contributed by atoms with Crippen LogP contribution in [0.4, 0.5) is 0 Å². The minimum atomic E-state index is -0.526. The van der Waals surface area contributed by atoms with Gasteiger partial charge in [0.05, 0.1) is 5.57 Å². The van der Waals surface area contributed by atoms with Gasteiger partial charge >= 0.3 is 0 Å². The van der Waals surface area contributed by atoms with E-state index in [2.05, 4.69) is 45.5 Å². The number of guanidine groups is 1. The monoisotopic (exact) mass is 321 g/mol. The van der Waals surface area contributed by atoms with E-state index in [0.29, 0.717) is 17.7 Å². The summed E-state index contributed by atoms with van der Waals surface area (Å²) in [5.74, 6) is 0.949. The number of aldehydes is 1. The van der Waals surface area contributed by atoms with Crippen molar-refractivity contribution in [2.24, 2.45) is 10.7 Å². The molecule has 2 aliphatic rings. The van der Waals surface area contributed by atoms with E-state index in [1.54, 1.807) is 6.08 Å². The zero-order valence-corrected chi connectivity index (χ0v) is 13.3. The van der Waals surface area contributed by atoms with E-state index in [-0.39, 0.29) is 5.96 Å². The number of hydrogen-bond donors (Lipinski definition) is 2. The quantitative estimate of drug-likeness (QED) is 0.636. The predicted octanol–water partition coefficient (Wildman–Crippen LogP) is 0.864. The van der Waals surface area contributed by atoms with Crippen LogP contribution < -0.4 is 11.1 Å². The Morgan fingerprint density at radius 3 is 2.54 bits per heavy atom. The zero-order chi connectivity index (χ0) is 16.9. The number of rotatable bonds is 3. The first-order chi connectivity index (χ1) is 11.7. The van der Waals surface area contributed by atoms with E-state index >= 15 is 0 Å². The van der Waals surface area contributed by atoms with Crippen LogP contribution in [0.1, 0.15) is 11.1 Å². The fourth-order valence-corrected chi connectivity index (χ4v) is 3.13. The van der Waals surface area contributed by atoms with Gasteiger partial charge in [0.2, 0.25) is 0 Å². The van der Waals surface area contributed by atoms with Gasteiger partial charge in [-0.3, -0.25) is 4.79 Å². The Hall–Kier alpha value is -3.07. The average Bonchev–Trinajstić information content (AvgIpc) is 2.82. The number of carbonyl (C=O) groups is 1. The molecule has 3 N–H and O–H groups in total. The largest absolute Gasteiger partial charge is 0.370 e. The molecule has 0 amide bonds. The lowest BCUT2D eigenvalue weighted by atomic mass is 10.0. The van der Waals surface area contributed by atoms with Crippen LogP contribution in [0.2, 0.25) is 0 Å². The van der Waals surface area contributed by atoms with E-state index < -0.39 is 6.04 Å². The third-order valence-corrected chi connectivity index (χ3v) is 4.30. The Labute approximate surface area is 141 Å². The number of nitrogens with zero attached hydrogens (tertiary/aromatic N) is 3. The summed E-state index contributed by atoms with van der Waals surface area (Å²) in [5, 5.41) is 12.6. The van der Waals surface area contributed by atoms with Gasteiger partial charge in [0.1, 0.15) is 24.2 Å². The molecule has 0 aliphatic carbocycles. The van der Waals surface area contributed by atoms with Crippen molar-refractivity contribution in [3.05, 3.63) is 58.9 Å². The predicted molar refractivity (Wildman–Crippen MR) is 91.8 cm³/mol. The van der Waals surface area contributed by atoms with Gasteiger partial charge in [0.15, 0.2) is 5.96 Å². The highest BCUT2D eigenvalue weighted by molar-refractivity contribution is 5.82. The van der Waals surface area contributed by atoms with Crippen LogP contribution in [0.15, 0.2) is 52.8 Å². The maximum atomic E-state index is 10.6. The lowest BCUT2D eigenvalue weighted by Crippen LogP contribution is -2.45. The SMILES string of the molecule is N#CC1=C(N2CCc3ccccc3CC2)NC(N)=NC1/C=C\C=O. The summed E-state index contributed by atoms with van der Waals surface area (Å²) in [5.41, 5.74) is 9.04. The molecule has 3 rings (SSSR count). The number of nitrogens with one attached hydrogen (secondary N) is 1. The summed E-state index contributed by atoms with van der Waals surface area (Å²) in [6.45, 7) is 1.59. The second-order valence-corrected chi connectivity index (χ2v) is 5.74. The maximum absolute atomic E-state index is 10.6. The Balaban J connectivity index is 1.89. The lowest BCUT2D eigenvalue weighted by molar-refractivity contribution is -0.104. The first-order valence-electron chi connectivity index (χ1n) is 7.91. The van der Waals surface area contributed by atoms with Crippen molar-refractivity contribution in [1.82, 2.24) is 10.2 Å². The van der Waals surface area contributed by atoms with Crippen LogP contribution in [0.25, 0.3) is 0 Å². The molecule has 122 valence electrons. The zero-order valence-electron chi connectivity index (χ0n) is 13.3. The molecule has 0 bridgehead atoms. The van der Waals surface area contributed by atoms with E-state index in [1.165, 1.54) is 17.2 Å². The summed E-state index contributed by atoms with van der Waals surface area (Å²) in [6.07, 6.45) is 5.43. The highest BCUT2D eigenvalue weighted by atomic mass is 16.1. The number of benzene rings is 1. The fraction of sp³-hybridized carbons (Fsp3) is 0.278. The van der Waals surface area contributed by atoms with Crippen LogP contribution in [-0.4, -0.2) is 36.3 Å². The number of hydrogen-bond acceptors (Lipinski definition) is 6. The van der Waals surface area contributed by atoms with Crippen molar-refractivity contribution < 1.29 is 4.79 Å². The molecular weight excluding hydrogens is 302 g/mol. The minimum Gasteiger partial charge on any atom is -0.370 e. The van der Waals surface area contributed by atoms with E-state index in [9.17, 15) is 10.1 Å². The van der Waals surface area contributed by atoms with Gasteiger partial charge in [0.25, 0.3) is 0 Å². The topological polar surface area (TPSA) is 94.5 Å². The molecule has 1 atom stereocenters. The molecular formula is C18H19N5O. The van der Waals surface area contributed by atoms with Gasteiger partial charge in [-0.2, -0.15) is 5.26 Å². The third kappa shape index (κ3) is 3.15. The lowest BCUT2D eigenvalue weighted by Gasteiger charge is -2.31. The summed E-state index contributed by atoms with van der Waals surface area (Å²) in [7, 11) is 0. The molecule has 24 heavy (non-hydrogen) atoms. The smallest absolute Gasteiger partial charge is 0.195 e. The van der Waals surface area contributed by atoms with Gasteiger partial charge in [0, 0.05) is 13.1 Å². The average molecular weight is 321 g/mol. The summed E-state index contributed by atoms with van der Waals surface area (Å²) >= 11 is 0. The molecule has 1 aromatic rings. The second kappa shape index (κ2) is 7.01. The van der Waals surface area contributed by atoms with Crippen LogP contribution in [0.5, 0.6) is 0 Å². The first kappa shape index (κ1) is 15.8. The molecule has 1 aromatic carbocycles. The third-order valence-electron chi connectivity index (χ3n) is 4.30. The Morgan fingerprint density at radius 1 is 1.29 bits per heavy atom. The highest BCUT2D eigenvalue weighted by Crippen LogP contribution is 2.22. The molecule has 2 heterocycles. The molecule has 0 radical (unpaired) electrons. The van der Waals surface area contributed by atoms with Crippen molar-refractivity contribution in [2.45, 2.75) is 18.9 Å². The van der Waals surface area contributed by atoms with Crippen molar-refractivity contribution in [2.75, 3.05) is 13.1 Å². The molecule has 6 heteroatoms. The normalized spacial score (nSPS) is 20.7. The van der Waals surface area contributed by atoms with Crippen LogP contribution in [-0.2, 0) is 17.6 Å². The fourth-order valence-electron chi connectivity index (χ4n) is 3.13. The molecule has 0 aromatic heterocycles. The molecule has 0 spiro atoms. The number of carbonyl (C=O) groups excluding carboxylic acids is 1. The maximum Gasteiger partial charge on any atom is 0.195 e. The van der Waals surface area contributed by atoms with Gasteiger partial charge in [-0.1, -0.05) is 30.3 Å². The van der Waals surface area contributed by atoms with Gasteiger partial charge in [-0.25, -0.2) is 4.99 Å². The molecule has 0 fully saturated rings. The van der Waals surface area contributed by atoms with Gasteiger partial charge < -0.3 is 16.0 Å². The van der Waals surface area contributed by atoms with Crippen molar-refractivity contribution in [3.8, 4) is 6.07 Å². The van der Waals surface area contributed by atoms with Crippen molar-refractivity contribution >= 4 is 12.2 Å².